The molecule has 0 spiro atoms. The van der Waals surface area contributed by atoms with Crippen LogP contribution in [0, 0.1) is 5.92 Å². The van der Waals surface area contributed by atoms with E-state index in [9.17, 15) is 13.2 Å². The molecule has 3 aliphatic rings. The maximum Gasteiger partial charge on any atom is 0.251 e. The molecule has 1 aliphatic heterocycles. The van der Waals surface area contributed by atoms with Gasteiger partial charge in [-0.25, -0.2) is 12.7 Å². The molecule has 2 aliphatic carbocycles. The van der Waals surface area contributed by atoms with E-state index in [0.717, 1.165) is 42.8 Å². The van der Waals surface area contributed by atoms with Crippen molar-refractivity contribution in [3.8, 4) is 0 Å². The Kier molecular flexibility index (Phi) is 6.06. The Hall–Kier alpha value is -2.04. The number of carbonyl (C=O) groups excluding carboxylic acids is 1. The summed E-state index contributed by atoms with van der Waals surface area (Å²) in [4.78, 5) is 13.2. The topological polar surface area (TPSA) is 120 Å². The molecule has 2 saturated carbocycles. The molecular formula is C21H32N6O3S. The van der Waals surface area contributed by atoms with Crippen molar-refractivity contribution in [1.82, 2.24) is 14.6 Å². The molecule has 2 atom stereocenters. The molecule has 1 amide bonds. The number of hydrogen-bond donors (Lipinski definition) is 2. The third kappa shape index (κ3) is 4.61. The van der Waals surface area contributed by atoms with E-state index >= 15 is 0 Å². The van der Waals surface area contributed by atoms with E-state index in [0.29, 0.717) is 18.0 Å². The number of hydrogen-bond acceptors (Lipinski definition) is 7. The van der Waals surface area contributed by atoms with Gasteiger partial charge < -0.3 is 11.1 Å². The lowest BCUT2D eigenvalue weighted by Gasteiger charge is -2.33. The smallest absolute Gasteiger partial charge is 0.251 e. The second-order valence-electron chi connectivity index (χ2n) is 9.17. The van der Waals surface area contributed by atoms with Gasteiger partial charge in [-0.15, -0.1) is 0 Å². The summed E-state index contributed by atoms with van der Waals surface area (Å²) in [6.45, 7) is 0.623. The number of nitrogens with zero attached hydrogens (tertiary/aromatic N) is 4. The maximum atomic E-state index is 13.1. The fourth-order valence-corrected chi connectivity index (χ4v) is 5.37. The molecule has 2 fully saturated rings. The number of nitrogens with two attached hydrogens (primary N) is 1. The van der Waals surface area contributed by atoms with E-state index in [4.69, 9.17) is 5.73 Å². The molecule has 0 saturated heterocycles. The van der Waals surface area contributed by atoms with Crippen LogP contribution >= 0.6 is 0 Å². The maximum absolute atomic E-state index is 13.1. The molecule has 0 bridgehead atoms. The highest BCUT2D eigenvalue weighted by Crippen LogP contribution is 2.39. The Labute approximate surface area is 184 Å². The highest BCUT2D eigenvalue weighted by molar-refractivity contribution is 7.89. The van der Waals surface area contributed by atoms with Crippen molar-refractivity contribution >= 4 is 15.9 Å². The van der Waals surface area contributed by atoms with Gasteiger partial charge in [0.25, 0.3) is 5.91 Å². The van der Waals surface area contributed by atoms with Crippen LogP contribution in [0.25, 0.3) is 0 Å². The summed E-state index contributed by atoms with van der Waals surface area (Å²) < 4.78 is 25.7. The third-order valence-corrected chi connectivity index (χ3v) is 8.54. The van der Waals surface area contributed by atoms with Gasteiger partial charge in [-0.1, -0.05) is 24.5 Å². The molecule has 3 N–H and O–H groups in total. The van der Waals surface area contributed by atoms with Crippen molar-refractivity contribution in [1.29, 1.82) is 0 Å². The van der Waals surface area contributed by atoms with Gasteiger partial charge >= 0.3 is 0 Å². The van der Waals surface area contributed by atoms with E-state index < -0.39 is 10.0 Å². The molecule has 1 unspecified atom stereocenters. The van der Waals surface area contributed by atoms with E-state index in [1.54, 1.807) is 12.1 Å². The molecule has 1 aromatic carbocycles. The van der Waals surface area contributed by atoms with E-state index in [1.165, 1.54) is 32.6 Å². The van der Waals surface area contributed by atoms with Gasteiger partial charge in [0.05, 0.1) is 17.5 Å². The van der Waals surface area contributed by atoms with Crippen LogP contribution in [0.3, 0.4) is 0 Å². The van der Waals surface area contributed by atoms with Crippen LogP contribution in [-0.4, -0.2) is 62.0 Å². The van der Waals surface area contributed by atoms with Crippen LogP contribution in [0.2, 0.25) is 0 Å². The summed E-state index contributed by atoms with van der Waals surface area (Å²) >= 11 is 0. The van der Waals surface area contributed by atoms with Gasteiger partial charge in [-0.3, -0.25) is 9.80 Å². The largest absolute Gasteiger partial charge is 0.347 e. The predicted molar refractivity (Wildman–Crippen MR) is 117 cm³/mol. The van der Waals surface area contributed by atoms with Crippen LogP contribution in [0.4, 0.5) is 0 Å². The molecule has 1 aromatic rings. The van der Waals surface area contributed by atoms with Crippen molar-refractivity contribution in [3.63, 3.8) is 0 Å². The van der Waals surface area contributed by atoms with Gasteiger partial charge in [-0.2, -0.15) is 5.11 Å². The summed E-state index contributed by atoms with van der Waals surface area (Å²) in [5, 5.41) is 13.9. The van der Waals surface area contributed by atoms with Crippen LogP contribution in [0.5, 0.6) is 0 Å². The Bertz CT molecular complexity index is 936. The first-order chi connectivity index (χ1) is 14.7. The number of sulfonamides is 1. The van der Waals surface area contributed by atoms with Gasteiger partial charge in [0, 0.05) is 19.7 Å². The zero-order chi connectivity index (χ0) is 22.2. The number of benzene rings is 1. The van der Waals surface area contributed by atoms with Crippen molar-refractivity contribution < 1.29 is 13.2 Å². The highest BCUT2D eigenvalue weighted by atomic mass is 32.2. The summed E-state index contributed by atoms with van der Waals surface area (Å²) in [5.74, 6) is 0.134. The first kappa shape index (κ1) is 22.2. The highest BCUT2D eigenvalue weighted by Gasteiger charge is 2.48. The zero-order valence-corrected chi connectivity index (χ0v) is 19.0. The molecule has 10 heteroatoms. The van der Waals surface area contributed by atoms with Crippen molar-refractivity contribution in [3.05, 3.63) is 29.8 Å². The average molecular weight is 449 g/mol. The fourth-order valence-electron chi connectivity index (χ4n) is 4.47. The SMILES string of the molecule is CN(C)S(=O)(=O)c1ccc(C(=O)N[C@@H](C2CCCCC2)C2CN(C3(N)CC3)N=N2)cc1. The van der Waals surface area contributed by atoms with Gasteiger partial charge in [0.15, 0.2) is 0 Å². The number of nitrogens with one attached hydrogen (secondary N) is 1. The monoisotopic (exact) mass is 448 g/mol. The molecular weight excluding hydrogens is 416 g/mol. The van der Waals surface area contributed by atoms with Gasteiger partial charge in [0.2, 0.25) is 10.0 Å². The van der Waals surface area contributed by atoms with Gasteiger partial charge in [-0.05, 0) is 55.9 Å². The number of rotatable bonds is 7. The number of amides is 1. The molecule has 0 radical (unpaired) electrons. The van der Waals surface area contributed by atoms with Crippen LogP contribution < -0.4 is 11.1 Å². The quantitative estimate of drug-likeness (QED) is 0.662. The van der Waals surface area contributed by atoms with Crippen molar-refractivity contribution in [2.45, 2.75) is 67.6 Å². The van der Waals surface area contributed by atoms with E-state index in [1.807, 2.05) is 5.01 Å². The first-order valence-corrected chi connectivity index (χ1v) is 12.5. The molecule has 31 heavy (non-hydrogen) atoms. The predicted octanol–water partition coefficient (Wildman–Crippen LogP) is 2.12. The van der Waals surface area contributed by atoms with E-state index in [-0.39, 0.29) is 28.5 Å². The molecule has 1 heterocycles. The average Bonchev–Trinajstić information content (AvgIpc) is 3.32. The molecule has 4 rings (SSSR count). The molecule has 9 nitrogen and oxygen atoms in total. The minimum atomic E-state index is -3.53. The van der Waals surface area contributed by atoms with Crippen LogP contribution in [0.15, 0.2) is 39.5 Å². The van der Waals surface area contributed by atoms with E-state index in [2.05, 4.69) is 15.7 Å². The summed E-state index contributed by atoms with van der Waals surface area (Å²) in [6.07, 6.45) is 7.49. The Morgan fingerprint density at radius 2 is 1.84 bits per heavy atom. The second-order valence-corrected chi connectivity index (χ2v) is 11.3. The van der Waals surface area contributed by atoms with Crippen LogP contribution in [-0.2, 0) is 10.0 Å². The fraction of sp³-hybridized carbons (Fsp3) is 0.667. The van der Waals surface area contributed by atoms with Gasteiger partial charge in [0.1, 0.15) is 11.7 Å². The Balaban J connectivity index is 1.49. The Morgan fingerprint density at radius 3 is 2.42 bits per heavy atom. The third-order valence-electron chi connectivity index (χ3n) is 6.71. The minimum Gasteiger partial charge on any atom is -0.347 e. The molecule has 170 valence electrons. The van der Waals surface area contributed by atoms with Crippen molar-refractivity contribution in [2.75, 3.05) is 20.6 Å². The zero-order valence-electron chi connectivity index (χ0n) is 18.2. The van der Waals surface area contributed by atoms with Crippen LogP contribution in [0.1, 0.15) is 55.3 Å². The standard InChI is InChI=1S/C21H32N6O3S/c1-26(2)31(29,30)17-10-8-16(9-11-17)20(28)23-19(15-6-4-3-5-7-15)18-14-27(25-24-18)21(22)12-13-21/h8-11,15,18-19H,3-7,12-14,22H2,1-2H3,(H,23,28)/t18?,19-/m0/s1. The summed E-state index contributed by atoms with van der Waals surface area (Å²) in [6, 6.07) is 5.83. The first-order valence-electron chi connectivity index (χ1n) is 11.0. The minimum absolute atomic E-state index is 0.117. The normalized spacial score (nSPS) is 24.4. The Morgan fingerprint density at radius 1 is 1.19 bits per heavy atom. The summed E-state index contributed by atoms with van der Waals surface area (Å²) in [5.41, 5.74) is 6.35. The second kappa shape index (κ2) is 8.48. The van der Waals surface area contributed by atoms with Crippen molar-refractivity contribution in [2.24, 2.45) is 22.0 Å². The summed E-state index contributed by atoms with van der Waals surface area (Å²) in [7, 11) is -0.563. The molecule has 0 aromatic heterocycles. The lowest BCUT2D eigenvalue weighted by Crippen LogP contribution is -2.51. The lowest BCUT2D eigenvalue weighted by atomic mass is 9.81. The number of carbonyl (C=O) groups is 1. The lowest BCUT2D eigenvalue weighted by molar-refractivity contribution is 0.0896.